The molecule has 0 saturated heterocycles. The van der Waals surface area contributed by atoms with Gasteiger partial charge in [-0.3, -0.25) is 4.79 Å². The summed E-state index contributed by atoms with van der Waals surface area (Å²) in [6.07, 6.45) is 0.566. The number of aryl methyl sites for hydroxylation is 1. The first kappa shape index (κ1) is 17.3. The Hall–Kier alpha value is -1.04. The van der Waals surface area contributed by atoms with E-state index in [0.717, 1.165) is 20.1 Å². The van der Waals surface area contributed by atoms with Crippen LogP contribution in [0.15, 0.2) is 45.3 Å². The second-order valence-electron chi connectivity index (χ2n) is 4.66. The molecule has 0 aliphatic heterocycles. The zero-order valence-corrected chi connectivity index (χ0v) is 15.4. The molecule has 0 bridgehead atoms. The van der Waals surface area contributed by atoms with Crippen LogP contribution < -0.4 is 4.74 Å². The van der Waals surface area contributed by atoms with Crippen molar-refractivity contribution in [3.8, 4) is 5.75 Å². The summed E-state index contributed by atoms with van der Waals surface area (Å²) in [6.45, 7) is 0.353. The van der Waals surface area contributed by atoms with Crippen molar-refractivity contribution in [2.75, 3.05) is 0 Å². The van der Waals surface area contributed by atoms with E-state index in [0.29, 0.717) is 23.8 Å². The third-order valence-corrected chi connectivity index (χ3v) is 4.56. The number of halogens is 3. The summed E-state index contributed by atoms with van der Waals surface area (Å²) in [5.74, 6) is -0.148. The summed E-state index contributed by atoms with van der Waals surface area (Å²) in [7, 11) is 0. The molecule has 2 aromatic carbocycles. The summed E-state index contributed by atoms with van der Waals surface area (Å²) in [5, 5.41) is 9.40. The molecule has 22 heavy (non-hydrogen) atoms. The van der Waals surface area contributed by atoms with Gasteiger partial charge in [0.1, 0.15) is 12.4 Å². The van der Waals surface area contributed by atoms with Gasteiger partial charge in [-0.15, -0.1) is 0 Å². The van der Waals surface area contributed by atoms with E-state index in [-0.39, 0.29) is 6.42 Å². The third kappa shape index (κ3) is 4.73. The van der Waals surface area contributed by atoms with E-state index < -0.39 is 5.97 Å². The standard InChI is InChI=1S/C16H13Br2ClO3/c17-12-7-10(5-6-15(20)21)8-13(18)16(12)22-9-11-3-1-2-4-14(11)19/h1-4,7-8H,5-6,9H2,(H,20,21). The molecule has 0 atom stereocenters. The van der Waals surface area contributed by atoms with E-state index in [1.807, 2.05) is 36.4 Å². The number of carboxylic acids is 1. The SMILES string of the molecule is O=C(O)CCc1cc(Br)c(OCc2ccccc2Cl)c(Br)c1. The Morgan fingerprint density at radius 3 is 2.41 bits per heavy atom. The molecule has 2 rings (SSSR count). The molecule has 3 nitrogen and oxygen atoms in total. The van der Waals surface area contributed by atoms with Gasteiger partial charge >= 0.3 is 5.97 Å². The zero-order chi connectivity index (χ0) is 16.1. The number of aliphatic carboxylic acids is 1. The van der Waals surface area contributed by atoms with Gasteiger partial charge in [-0.2, -0.15) is 0 Å². The van der Waals surface area contributed by atoms with Crippen molar-refractivity contribution < 1.29 is 14.6 Å². The van der Waals surface area contributed by atoms with Crippen molar-refractivity contribution in [2.24, 2.45) is 0 Å². The van der Waals surface area contributed by atoms with Crippen molar-refractivity contribution in [3.63, 3.8) is 0 Å². The normalized spacial score (nSPS) is 10.5. The summed E-state index contributed by atoms with van der Waals surface area (Å²) < 4.78 is 7.37. The molecule has 6 heteroatoms. The summed E-state index contributed by atoms with van der Waals surface area (Å²) in [6, 6.07) is 11.2. The second kappa shape index (κ2) is 7.99. The second-order valence-corrected chi connectivity index (χ2v) is 6.78. The first-order valence-electron chi connectivity index (χ1n) is 6.53. The molecule has 0 saturated carbocycles. The maximum absolute atomic E-state index is 10.6. The first-order chi connectivity index (χ1) is 10.5. The highest BCUT2D eigenvalue weighted by Crippen LogP contribution is 2.36. The van der Waals surface area contributed by atoms with Crippen LogP contribution in [0.1, 0.15) is 17.5 Å². The molecule has 0 radical (unpaired) electrons. The van der Waals surface area contributed by atoms with Crippen molar-refractivity contribution >= 4 is 49.4 Å². The van der Waals surface area contributed by atoms with Crippen molar-refractivity contribution in [1.29, 1.82) is 0 Å². The van der Waals surface area contributed by atoms with Gasteiger partial charge in [-0.25, -0.2) is 0 Å². The molecule has 116 valence electrons. The lowest BCUT2D eigenvalue weighted by Gasteiger charge is -2.13. The maximum atomic E-state index is 10.6. The van der Waals surface area contributed by atoms with Crippen LogP contribution in [0.25, 0.3) is 0 Å². The van der Waals surface area contributed by atoms with E-state index in [1.165, 1.54) is 0 Å². The molecule has 1 N–H and O–H groups in total. The topological polar surface area (TPSA) is 46.5 Å². The van der Waals surface area contributed by atoms with Crippen molar-refractivity contribution in [2.45, 2.75) is 19.4 Å². The lowest BCUT2D eigenvalue weighted by molar-refractivity contribution is -0.136. The average molecular weight is 449 g/mol. The largest absolute Gasteiger partial charge is 0.486 e. The fourth-order valence-electron chi connectivity index (χ4n) is 1.91. The molecule has 0 amide bonds. The molecular formula is C16H13Br2ClO3. The Morgan fingerprint density at radius 2 is 1.82 bits per heavy atom. The van der Waals surface area contributed by atoms with Gasteiger partial charge in [0.15, 0.2) is 0 Å². The van der Waals surface area contributed by atoms with Gasteiger partial charge in [-0.05, 0) is 62.0 Å². The Kier molecular flexibility index (Phi) is 6.29. The van der Waals surface area contributed by atoms with Crippen LogP contribution in [0.2, 0.25) is 5.02 Å². The highest BCUT2D eigenvalue weighted by atomic mass is 79.9. The highest BCUT2D eigenvalue weighted by molar-refractivity contribution is 9.11. The maximum Gasteiger partial charge on any atom is 0.303 e. The predicted molar refractivity (Wildman–Crippen MR) is 93.6 cm³/mol. The number of carbonyl (C=O) groups is 1. The number of hydrogen-bond donors (Lipinski definition) is 1. The molecule has 0 heterocycles. The van der Waals surface area contributed by atoms with Crippen LogP contribution in [0.4, 0.5) is 0 Å². The van der Waals surface area contributed by atoms with Crippen molar-refractivity contribution in [1.82, 2.24) is 0 Å². The fourth-order valence-corrected chi connectivity index (χ4v) is 3.61. The van der Waals surface area contributed by atoms with E-state index in [4.69, 9.17) is 21.4 Å². The van der Waals surface area contributed by atoms with Gasteiger partial charge in [0.05, 0.1) is 8.95 Å². The number of rotatable bonds is 6. The van der Waals surface area contributed by atoms with E-state index >= 15 is 0 Å². The number of carboxylic acid groups (broad SMARTS) is 1. The summed E-state index contributed by atoms with van der Waals surface area (Å²) >= 11 is 13.0. The van der Waals surface area contributed by atoms with Crippen LogP contribution in [0.3, 0.4) is 0 Å². The molecule has 0 aromatic heterocycles. The minimum atomic E-state index is -0.814. The molecule has 0 aliphatic carbocycles. The number of hydrogen-bond acceptors (Lipinski definition) is 2. The smallest absolute Gasteiger partial charge is 0.303 e. The fraction of sp³-hybridized carbons (Fsp3) is 0.188. The molecule has 0 fully saturated rings. The van der Waals surface area contributed by atoms with Crippen LogP contribution in [-0.2, 0) is 17.8 Å². The number of benzene rings is 2. The van der Waals surface area contributed by atoms with Crippen molar-refractivity contribution in [3.05, 3.63) is 61.5 Å². The Labute approximate surface area is 150 Å². The predicted octanol–water partition coefficient (Wildman–Crippen LogP) is 5.46. The van der Waals surface area contributed by atoms with Crippen LogP contribution in [0.5, 0.6) is 5.75 Å². The van der Waals surface area contributed by atoms with E-state index in [9.17, 15) is 4.79 Å². The minimum absolute atomic E-state index is 0.0959. The van der Waals surface area contributed by atoms with Gasteiger partial charge in [-0.1, -0.05) is 29.8 Å². The summed E-state index contributed by atoms with van der Waals surface area (Å²) in [4.78, 5) is 10.6. The number of ether oxygens (including phenoxy) is 1. The Morgan fingerprint density at radius 1 is 1.18 bits per heavy atom. The third-order valence-electron chi connectivity index (χ3n) is 3.02. The molecular weight excluding hydrogens is 435 g/mol. The van der Waals surface area contributed by atoms with Crippen LogP contribution in [0, 0.1) is 0 Å². The molecule has 0 unspecified atom stereocenters. The average Bonchev–Trinajstić information content (AvgIpc) is 2.46. The summed E-state index contributed by atoms with van der Waals surface area (Å²) in [5.41, 5.74) is 1.82. The highest BCUT2D eigenvalue weighted by Gasteiger charge is 2.11. The van der Waals surface area contributed by atoms with Gasteiger partial charge in [0, 0.05) is 17.0 Å². The monoisotopic (exact) mass is 446 g/mol. The van der Waals surface area contributed by atoms with Crippen LogP contribution in [-0.4, -0.2) is 11.1 Å². The Balaban J connectivity index is 2.11. The lowest BCUT2D eigenvalue weighted by Crippen LogP contribution is -2.00. The molecule has 0 spiro atoms. The van der Waals surface area contributed by atoms with Gasteiger partial charge in [0.2, 0.25) is 0 Å². The van der Waals surface area contributed by atoms with Gasteiger partial charge < -0.3 is 9.84 Å². The minimum Gasteiger partial charge on any atom is -0.486 e. The quantitative estimate of drug-likeness (QED) is 0.638. The zero-order valence-electron chi connectivity index (χ0n) is 11.5. The Bertz CT molecular complexity index is 666. The van der Waals surface area contributed by atoms with E-state index in [1.54, 1.807) is 0 Å². The molecule has 2 aromatic rings. The van der Waals surface area contributed by atoms with E-state index in [2.05, 4.69) is 31.9 Å². The van der Waals surface area contributed by atoms with Gasteiger partial charge in [0.25, 0.3) is 0 Å². The lowest BCUT2D eigenvalue weighted by atomic mass is 10.1. The molecule has 0 aliphatic rings. The van der Waals surface area contributed by atoms with Crippen LogP contribution >= 0.6 is 43.5 Å². The first-order valence-corrected chi connectivity index (χ1v) is 8.49.